The first-order valence-corrected chi connectivity index (χ1v) is 4.18. The maximum Gasteiger partial charge on any atom is 0.0846 e. The predicted molar refractivity (Wildman–Crippen MR) is 43.0 cm³/mol. The van der Waals surface area contributed by atoms with Gasteiger partial charge < -0.3 is 4.74 Å². The minimum Gasteiger partial charge on any atom is -0.370 e. The maximum absolute atomic E-state index is 5.44. The van der Waals surface area contributed by atoms with Crippen molar-refractivity contribution in [2.45, 2.75) is 52.7 Å². The molecule has 1 saturated heterocycles. The van der Waals surface area contributed by atoms with Crippen molar-refractivity contribution in [3.05, 3.63) is 0 Å². The fourth-order valence-corrected chi connectivity index (χ4v) is 1.32. The molecule has 0 amide bonds. The van der Waals surface area contributed by atoms with Crippen LogP contribution < -0.4 is 0 Å². The molecule has 0 spiro atoms. The molecule has 60 valence electrons. The molecule has 0 aromatic heterocycles. The number of hydrogen-bond acceptors (Lipinski definition) is 1. The van der Waals surface area contributed by atoms with Crippen LogP contribution in [0.15, 0.2) is 0 Å². The van der Waals surface area contributed by atoms with Crippen LogP contribution in [-0.2, 0) is 4.74 Å². The van der Waals surface area contributed by atoms with Crippen molar-refractivity contribution in [1.29, 1.82) is 0 Å². The molecular formula is C9H18O. The lowest BCUT2D eigenvalue weighted by molar-refractivity contribution is 0.293. The molecule has 1 aliphatic heterocycles. The third-order valence-electron chi connectivity index (χ3n) is 1.90. The van der Waals surface area contributed by atoms with Crippen LogP contribution >= 0.6 is 0 Å². The molecule has 1 rings (SSSR count). The van der Waals surface area contributed by atoms with Crippen LogP contribution in [0.5, 0.6) is 0 Å². The second-order valence-corrected chi connectivity index (χ2v) is 4.39. The van der Waals surface area contributed by atoms with E-state index in [4.69, 9.17) is 4.74 Å². The normalized spacial score (nSPS) is 32.4. The first kappa shape index (κ1) is 8.06. The van der Waals surface area contributed by atoms with E-state index in [0.29, 0.717) is 17.6 Å². The van der Waals surface area contributed by atoms with Crippen LogP contribution in [0.25, 0.3) is 0 Å². The third kappa shape index (κ3) is 2.30. The molecule has 0 saturated carbocycles. The smallest absolute Gasteiger partial charge is 0.0846 e. The molecule has 1 fully saturated rings. The van der Waals surface area contributed by atoms with Crippen molar-refractivity contribution in [1.82, 2.24) is 0 Å². The molecule has 10 heavy (non-hydrogen) atoms. The quantitative estimate of drug-likeness (QED) is 0.540. The molecule has 1 heteroatoms. The average molecular weight is 142 g/mol. The van der Waals surface area contributed by atoms with Crippen molar-refractivity contribution < 1.29 is 4.74 Å². The van der Waals surface area contributed by atoms with Crippen LogP contribution in [0.1, 0.15) is 40.5 Å². The lowest BCUT2D eigenvalue weighted by Gasteiger charge is -2.15. The van der Waals surface area contributed by atoms with Gasteiger partial charge in [0.2, 0.25) is 0 Å². The van der Waals surface area contributed by atoms with E-state index < -0.39 is 0 Å². The minimum atomic E-state index is 0.439. The second-order valence-electron chi connectivity index (χ2n) is 4.39. The Hall–Kier alpha value is -0.0400. The first-order chi connectivity index (χ1) is 4.53. The van der Waals surface area contributed by atoms with Gasteiger partial charge in [0.05, 0.1) is 12.2 Å². The summed E-state index contributed by atoms with van der Waals surface area (Å²) in [7, 11) is 0. The third-order valence-corrected chi connectivity index (χ3v) is 1.90. The molecule has 1 heterocycles. The molecule has 2 unspecified atom stereocenters. The fraction of sp³-hybridized carbons (Fsp3) is 1.00. The highest BCUT2D eigenvalue weighted by molar-refractivity contribution is 4.86. The lowest BCUT2D eigenvalue weighted by atomic mass is 9.89. The fourth-order valence-electron chi connectivity index (χ4n) is 1.32. The molecule has 2 atom stereocenters. The molecule has 1 nitrogen and oxygen atoms in total. The van der Waals surface area contributed by atoms with E-state index in [0.717, 1.165) is 0 Å². The number of ether oxygens (including phenoxy) is 1. The Bertz CT molecular complexity index is 112. The van der Waals surface area contributed by atoms with Crippen molar-refractivity contribution in [2.24, 2.45) is 5.41 Å². The maximum atomic E-state index is 5.44. The number of epoxide rings is 1. The summed E-state index contributed by atoms with van der Waals surface area (Å²) in [6, 6.07) is 0. The van der Waals surface area contributed by atoms with Gasteiger partial charge in [0.1, 0.15) is 0 Å². The highest BCUT2D eigenvalue weighted by atomic mass is 16.6. The van der Waals surface area contributed by atoms with Gasteiger partial charge >= 0.3 is 0 Å². The standard InChI is InChI=1S/C9H18O/c1-5-7-8(10-7)6-9(2,3)4/h7-8H,5-6H2,1-4H3. The van der Waals surface area contributed by atoms with E-state index in [2.05, 4.69) is 27.7 Å². The summed E-state index contributed by atoms with van der Waals surface area (Å²) < 4.78 is 5.44. The van der Waals surface area contributed by atoms with Gasteiger partial charge in [-0.25, -0.2) is 0 Å². The molecular weight excluding hydrogens is 124 g/mol. The van der Waals surface area contributed by atoms with Crippen LogP contribution in [0.3, 0.4) is 0 Å². The zero-order valence-electron chi connectivity index (χ0n) is 7.48. The van der Waals surface area contributed by atoms with Crippen molar-refractivity contribution in [3.63, 3.8) is 0 Å². The van der Waals surface area contributed by atoms with Crippen LogP contribution in [-0.4, -0.2) is 12.2 Å². The molecule has 0 aromatic carbocycles. The van der Waals surface area contributed by atoms with Gasteiger partial charge in [-0.3, -0.25) is 0 Å². The predicted octanol–water partition coefficient (Wildman–Crippen LogP) is 2.60. The van der Waals surface area contributed by atoms with Crippen LogP contribution in [0, 0.1) is 5.41 Å². The summed E-state index contributed by atoms with van der Waals surface area (Å²) in [5, 5.41) is 0. The summed E-state index contributed by atoms with van der Waals surface area (Å²) in [5.74, 6) is 0. The van der Waals surface area contributed by atoms with Crippen LogP contribution in [0.4, 0.5) is 0 Å². The average Bonchev–Trinajstić information content (AvgIpc) is 2.42. The molecule has 0 aromatic rings. The summed E-state index contributed by atoms with van der Waals surface area (Å²) in [4.78, 5) is 0. The van der Waals surface area contributed by atoms with E-state index in [1.165, 1.54) is 12.8 Å². The van der Waals surface area contributed by atoms with Crippen molar-refractivity contribution >= 4 is 0 Å². The van der Waals surface area contributed by atoms with Gasteiger partial charge in [-0.2, -0.15) is 0 Å². The minimum absolute atomic E-state index is 0.439. The SMILES string of the molecule is CCC1OC1CC(C)(C)C. The zero-order valence-corrected chi connectivity index (χ0v) is 7.48. The zero-order chi connectivity index (χ0) is 7.78. The highest BCUT2D eigenvalue weighted by Crippen LogP contribution is 2.35. The van der Waals surface area contributed by atoms with E-state index in [1.807, 2.05) is 0 Å². The second kappa shape index (κ2) is 2.54. The largest absolute Gasteiger partial charge is 0.370 e. The van der Waals surface area contributed by atoms with Crippen LogP contribution in [0.2, 0.25) is 0 Å². The molecule has 0 bridgehead atoms. The summed E-state index contributed by atoms with van der Waals surface area (Å²) in [6.45, 7) is 8.98. The number of rotatable bonds is 2. The molecule has 0 N–H and O–H groups in total. The molecule has 1 aliphatic rings. The molecule has 0 aliphatic carbocycles. The highest BCUT2D eigenvalue weighted by Gasteiger charge is 2.39. The van der Waals surface area contributed by atoms with Crippen molar-refractivity contribution in [2.75, 3.05) is 0 Å². The monoisotopic (exact) mass is 142 g/mol. The Balaban J connectivity index is 2.18. The topological polar surface area (TPSA) is 12.5 Å². The van der Waals surface area contributed by atoms with E-state index in [-0.39, 0.29) is 0 Å². The summed E-state index contributed by atoms with van der Waals surface area (Å²) >= 11 is 0. The summed E-state index contributed by atoms with van der Waals surface area (Å²) in [6.07, 6.45) is 3.55. The van der Waals surface area contributed by atoms with Gasteiger partial charge in [0, 0.05) is 0 Å². The first-order valence-electron chi connectivity index (χ1n) is 4.18. The summed E-state index contributed by atoms with van der Waals surface area (Å²) in [5.41, 5.74) is 0.439. The van der Waals surface area contributed by atoms with E-state index in [9.17, 15) is 0 Å². The Morgan fingerprint density at radius 3 is 2.10 bits per heavy atom. The van der Waals surface area contributed by atoms with Crippen molar-refractivity contribution in [3.8, 4) is 0 Å². The van der Waals surface area contributed by atoms with E-state index in [1.54, 1.807) is 0 Å². The van der Waals surface area contributed by atoms with Gasteiger partial charge in [0.25, 0.3) is 0 Å². The Morgan fingerprint density at radius 2 is 1.80 bits per heavy atom. The van der Waals surface area contributed by atoms with Gasteiger partial charge in [0.15, 0.2) is 0 Å². The number of hydrogen-bond donors (Lipinski definition) is 0. The lowest BCUT2D eigenvalue weighted by Crippen LogP contribution is -2.09. The van der Waals surface area contributed by atoms with Gasteiger partial charge in [-0.05, 0) is 18.3 Å². The molecule has 0 radical (unpaired) electrons. The Labute approximate surface area is 63.8 Å². The Morgan fingerprint density at radius 1 is 1.20 bits per heavy atom. The van der Waals surface area contributed by atoms with Gasteiger partial charge in [-0.1, -0.05) is 27.7 Å². The van der Waals surface area contributed by atoms with E-state index >= 15 is 0 Å². The Kier molecular flexibility index (Phi) is 2.04. The van der Waals surface area contributed by atoms with Gasteiger partial charge in [-0.15, -0.1) is 0 Å².